The van der Waals surface area contributed by atoms with Gasteiger partial charge in [-0.3, -0.25) is 4.79 Å². The number of carbonyl (C=O) groups is 1. The van der Waals surface area contributed by atoms with E-state index in [9.17, 15) is 4.79 Å². The average Bonchev–Trinajstić information content (AvgIpc) is 2.14. The topological polar surface area (TPSA) is 32.3 Å². The van der Waals surface area contributed by atoms with Gasteiger partial charge in [0.2, 0.25) is 5.91 Å². The molecule has 0 bridgehead atoms. The van der Waals surface area contributed by atoms with Gasteiger partial charge in [-0.25, -0.2) is 0 Å². The maximum atomic E-state index is 11.2. The minimum Gasteiger partial charge on any atom is -0.349 e. The van der Waals surface area contributed by atoms with Gasteiger partial charge in [0.25, 0.3) is 0 Å². The van der Waals surface area contributed by atoms with E-state index in [1.165, 1.54) is 0 Å². The Morgan fingerprint density at radius 3 is 2.25 bits per heavy atom. The number of nitrogens with zero attached hydrogens (tertiary/aromatic N) is 1. The highest BCUT2D eigenvalue weighted by atomic mass is 35.7. The molecule has 0 spiro atoms. The highest BCUT2D eigenvalue weighted by molar-refractivity contribution is 7.43. The minimum atomic E-state index is -2.12. The molecule has 0 atom stereocenters. The molecule has 1 N–H and O–H groups in total. The summed E-state index contributed by atoms with van der Waals surface area (Å²) in [6, 6.07) is 0. The zero-order valence-electron chi connectivity index (χ0n) is 10.4. The number of rotatable bonds is 8. The van der Waals surface area contributed by atoms with Gasteiger partial charge in [-0.15, -0.1) is 22.2 Å². The molecule has 96 valence electrons. The second-order valence-corrected chi connectivity index (χ2v) is 11.5. The zero-order chi connectivity index (χ0) is 12.6. The fraction of sp³-hybridized carbons (Fsp3) is 0.900. The Morgan fingerprint density at radius 1 is 1.19 bits per heavy atom. The first-order valence-corrected chi connectivity index (χ1v) is 10.2. The molecule has 0 aromatic carbocycles. The molecule has 0 aliphatic carbocycles. The highest BCUT2D eigenvalue weighted by Gasteiger charge is 2.18. The molecule has 0 unspecified atom stereocenters. The number of hydrogen-bond donors (Lipinski definition) is 1. The molecule has 0 aliphatic heterocycles. The zero-order valence-corrected chi connectivity index (χ0v) is 12.9. The Morgan fingerprint density at radius 2 is 1.75 bits per heavy atom. The lowest BCUT2D eigenvalue weighted by Gasteiger charge is -2.12. The predicted molar refractivity (Wildman–Crippen MR) is 73.1 cm³/mol. The molecule has 0 saturated carbocycles. The summed E-state index contributed by atoms with van der Waals surface area (Å²) < 4.78 is 0. The Balaban J connectivity index is 3.26. The van der Waals surface area contributed by atoms with E-state index in [2.05, 4.69) is 4.98 Å². The maximum absolute atomic E-state index is 11.2. The van der Waals surface area contributed by atoms with Crippen LogP contribution in [0.3, 0.4) is 0 Å². The number of carbonyl (C=O) groups excluding carboxylic acids is 1. The van der Waals surface area contributed by atoms with Crippen LogP contribution in [0, 0.1) is 0 Å². The Labute approximate surface area is 109 Å². The molecule has 0 fully saturated rings. The van der Waals surface area contributed by atoms with Crippen molar-refractivity contribution in [1.82, 2.24) is 9.88 Å². The van der Waals surface area contributed by atoms with E-state index in [4.69, 9.17) is 22.2 Å². The van der Waals surface area contributed by atoms with Gasteiger partial charge < -0.3 is 9.88 Å². The lowest BCUT2D eigenvalue weighted by atomic mass is 10.1. The molecule has 6 heteroatoms. The largest absolute Gasteiger partial charge is 0.349 e. The highest BCUT2D eigenvalue weighted by Crippen LogP contribution is 2.09. The van der Waals surface area contributed by atoms with E-state index in [0.29, 0.717) is 6.42 Å². The van der Waals surface area contributed by atoms with E-state index >= 15 is 0 Å². The third-order valence-corrected chi connectivity index (χ3v) is 3.92. The first-order valence-electron chi connectivity index (χ1n) is 5.66. The normalized spacial score (nSPS) is 11.6. The summed E-state index contributed by atoms with van der Waals surface area (Å²) >= 11 is 11.8. The van der Waals surface area contributed by atoms with Gasteiger partial charge in [0.15, 0.2) is 0 Å². The average molecular weight is 285 g/mol. The molecule has 0 heterocycles. The van der Waals surface area contributed by atoms with Gasteiger partial charge in [-0.2, -0.15) is 0 Å². The molecule has 0 saturated heterocycles. The van der Waals surface area contributed by atoms with Gasteiger partial charge in [0.1, 0.15) is 0 Å². The number of unbranched alkanes of at least 4 members (excludes halogenated alkanes) is 3. The van der Waals surface area contributed by atoms with Crippen LogP contribution >= 0.6 is 22.2 Å². The van der Waals surface area contributed by atoms with Crippen molar-refractivity contribution in [3.8, 4) is 0 Å². The smallest absolute Gasteiger partial charge is 0.319 e. The van der Waals surface area contributed by atoms with Gasteiger partial charge in [-0.1, -0.05) is 12.8 Å². The maximum Gasteiger partial charge on any atom is 0.319 e. The molecular formula is C10H22Cl2N2OSi. The second-order valence-electron chi connectivity index (χ2n) is 4.27. The molecule has 0 aromatic rings. The van der Waals surface area contributed by atoms with E-state index < -0.39 is 6.86 Å². The fourth-order valence-electron chi connectivity index (χ4n) is 1.29. The Hall–Kier alpha value is 0.227. The van der Waals surface area contributed by atoms with Crippen molar-refractivity contribution >= 4 is 34.9 Å². The van der Waals surface area contributed by atoms with Crippen LogP contribution in [-0.2, 0) is 4.79 Å². The van der Waals surface area contributed by atoms with Crippen LogP contribution in [0.1, 0.15) is 32.1 Å². The van der Waals surface area contributed by atoms with Crippen molar-refractivity contribution in [3.63, 3.8) is 0 Å². The molecule has 3 nitrogen and oxygen atoms in total. The third kappa shape index (κ3) is 10.7. The second kappa shape index (κ2) is 8.34. The Kier molecular flexibility index (Phi) is 8.46. The summed E-state index contributed by atoms with van der Waals surface area (Å²) in [5.41, 5.74) is 0. The molecule has 0 aliphatic rings. The number of halogens is 2. The van der Waals surface area contributed by atoms with Crippen LogP contribution in [0.5, 0.6) is 0 Å². The molecular weight excluding hydrogens is 263 g/mol. The summed E-state index contributed by atoms with van der Waals surface area (Å²) in [4.78, 5) is 16.0. The van der Waals surface area contributed by atoms with Crippen molar-refractivity contribution in [2.45, 2.75) is 38.7 Å². The van der Waals surface area contributed by atoms with Crippen LogP contribution in [0.4, 0.5) is 0 Å². The number of hydrogen-bond acceptors (Lipinski definition) is 2. The summed E-state index contributed by atoms with van der Waals surface area (Å²) in [6.07, 6.45) is 4.89. The van der Waals surface area contributed by atoms with E-state index in [-0.39, 0.29) is 5.91 Å². The summed E-state index contributed by atoms with van der Waals surface area (Å²) in [7, 11) is 3.58. The van der Waals surface area contributed by atoms with Crippen LogP contribution in [0.25, 0.3) is 0 Å². The first kappa shape index (κ1) is 16.2. The molecule has 0 aromatic heterocycles. The fourth-order valence-corrected chi connectivity index (χ4v) is 2.47. The van der Waals surface area contributed by atoms with Crippen molar-refractivity contribution < 1.29 is 4.79 Å². The van der Waals surface area contributed by atoms with Gasteiger partial charge in [0.05, 0.1) is 0 Å². The summed E-state index contributed by atoms with van der Waals surface area (Å²) in [5, 5.41) is 0. The number of amides is 1. The lowest BCUT2D eigenvalue weighted by molar-refractivity contribution is -0.128. The SMILES string of the molecule is CN(C)C(=O)CCCCCCN[Si](C)(Cl)Cl. The molecule has 0 rings (SSSR count). The third-order valence-electron chi connectivity index (χ3n) is 2.25. The monoisotopic (exact) mass is 284 g/mol. The van der Waals surface area contributed by atoms with Crippen LogP contribution < -0.4 is 4.98 Å². The van der Waals surface area contributed by atoms with Crippen molar-refractivity contribution in [1.29, 1.82) is 0 Å². The Bertz CT molecular complexity index is 207. The quantitative estimate of drug-likeness (QED) is 0.422. The van der Waals surface area contributed by atoms with Gasteiger partial charge in [-0.05, 0) is 25.9 Å². The molecule has 0 radical (unpaired) electrons. The van der Waals surface area contributed by atoms with Crippen LogP contribution in [0.15, 0.2) is 0 Å². The standard InChI is InChI=1S/C10H22Cl2N2OSi/c1-14(2)10(15)8-6-4-5-7-9-13-16(3,11)12/h13H,4-9H2,1-3H3. The minimum absolute atomic E-state index is 0.208. The van der Waals surface area contributed by atoms with E-state index in [0.717, 1.165) is 32.2 Å². The first-order chi connectivity index (χ1) is 7.33. The van der Waals surface area contributed by atoms with Crippen LogP contribution in [0.2, 0.25) is 6.55 Å². The van der Waals surface area contributed by atoms with Gasteiger partial charge in [0, 0.05) is 20.5 Å². The van der Waals surface area contributed by atoms with E-state index in [1.54, 1.807) is 19.0 Å². The van der Waals surface area contributed by atoms with Crippen molar-refractivity contribution in [3.05, 3.63) is 0 Å². The lowest BCUT2D eigenvalue weighted by Crippen LogP contribution is -2.37. The summed E-state index contributed by atoms with van der Waals surface area (Å²) in [6.45, 7) is 0.601. The number of nitrogens with one attached hydrogen (secondary N) is 1. The van der Waals surface area contributed by atoms with Crippen LogP contribution in [-0.4, -0.2) is 38.3 Å². The summed E-state index contributed by atoms with van der Waals surface area (Å²) in [5.74, 6) is 0.208. The molecule has 1 amide bonds. The van der Waals surface area contributed by atoms with E-state index in [1.807, 2.05) is 6.55 Å². The van der Waals surface area contributed by atoms with Gasteiger partial charge >= 0.3 is 6.86 Å². The molecule has 16 heavy (non-hydrogen) atoms. The van der Waals surface area contributed by atoms with Crippen molar-refractivity contribution in [2.75, 3.05) is 20.6 Å². The van der Waals surface area contributed by atoms with Crippen molar-refractivity contribution in [2.24, 2.45) is 0 Å². The predicted octanol–water partition coefficient (Wildman–Crippen LogP) is 2.66.